The van der Waals surface area contributed by atoms with Crippen molar-refractivity contribution in [2.45, 2.75) is 0 Å². The van der Waals surface area contributed by atoms with Gasteiger partial charge in [0.05, 0.1) is 29.6 Å². The van der Waals surface area contributed by atoms with E-state index in [1.165, 1.54) is 30.5 Å². The number of aromatic nitrogens is 2. The van der Waals surface area contributed by atoms with Crippen molar-refractivity contribution >= 4 is 51.3 Å². The van der Waals surface area contributed by atoms with Crippen LogP contribution in [0.25, 0.3) is 33.5 Å². The molecule has 0 aliphatic rings. The van der Waals surface area contributed by atoms with E-state index in [1.54, 1.807) is 73.8 Å². The minimum atomic E-state index is -0.456. The molecule has 0 bridgehead atoms. The molecule has 0 radical (unpaired) electrons. The Balaban J connectivity index is 1.36. The maximum Gasteiger partial charge on any atom is 0.282 e. The Morgan fingerprint density at radius 3 is 2.65 bits per heavy atom. The minimum Gasteiger partial charge on any atom is -0.496 e. The minimum absolute atomic E-state index is 0.168. The first kappa shape index (κ1) is 27.7. The van der Waals surface area contributed by atoms with E-state index in [1.807, 2.05) is 0 Å². The third kappa shape index (κ3) is 5.81. The maximum atomic E-state index is 13.7. The Kier molecular flexibility index (Phi) is 7.59. The lowest BCUT2D eigenvalue weighted by Gasteiger charge is -2.11. The summed E-state index contributed by atoms with van der Waals surface area (Å²) < 4.78 is 31.6. The van der Waals surface area contributed by atoms with Crippen LogP contribution in [-0.2, 0) is 4.79 Å². The van der Waals surface area contributed by atoms with Gasteiger partial charge < -0.3 is 19.2 Å². The number of halogens is 2. The summed E-state index contributed by atoms with van der Waals surface area (Å²) in [5.74, 6) is 0.500. The zero-order valence-corrected chi connectivity index (χ0v) is 23.3. The molecule has 0 fully saturated rings. The molecule has 6 rings (SSSR count). The Labute approximate surface area is 248 Å². The second-order valence-corrected chi connectivity index (χ2v) is 9.76. The van der Waals surface area contributed by atoms with Gasteiger partial charge in [-0.1, -0.05) is 29.8 Å². The fourth-order valence-corrected chi connectivity index (χ4v) is 4.64. The van der Waals surface area contributed by atoms with Crippen molar-refractivity contribution in [3.8, 4) is 23.1 Å². The lowest BCUT2D eigenvalue weighted by Crippen LogP contribution is -2.21. The van der Waals surface area contributed by atoms with Crippen LogP contribution in [0.15, 0.2) is 105 Å². The molecule has 0 aliphatic carbocycles. The van der Waals surface area contributed by atoms with E-state index >= 15 is 0 Å². The first-order valence-electron chi connectivity index (χ1n) is 13.0. The number of anilines is 1. The number of benzene rings is 4. The summed E-state index contributed by atoms with van der Waals surface area (Å²) in [5.41, 5.74) is 1.43. The predicted molar refractivity (Wildman–Crippen MR) is 163 cm³/mol. The van der Waals surface area contributed by atoms with Crippen LogP contribution in [0.2, 0.25) is 5.02 Å². The zero-order chi connectivity index (χ0) is 29.9. The molecule has 43 heavy (non-hydrogen) atoms. The summed E-state index contributed by atoms with van der Waals surface area (Å²) >= 11 is 6.26. The van der Waals surface area contributed by atoms with Crippen LogP contribution in [0.3, 0.4) is 0 Å². The van der Waals surface area contributed by atoms with E-state index in [0.29, 0.717) is 55.4 Å². The van der Waals surface area contributed by atoms with Gasteiger partial charge in [-0.2, -0.15) is 9.78 Å². The fourth-order valence-electron chi connectivity index (χ4n) is 4.46. The number of para-hydroxylation sites is 1. The summed E-state index contributed by atoms with van der Waals surface area (Å²) in [6.07, 6.45) is 1.39. The monoisotopic (exact) mass is 596 g/mol. The van der Waals surface area contributed by atoms with Crippen molar-refractivity contribution in [2.24, 2.45) is 5.10 Å². The number of hydrogen-bond donors (Lipinski definition) is 1. The van der Waals surface area contributed by atoms with Crippen LogP contribution in [0.5, 0.6) is 11.5 Å². The highest BCUT2D eigenvalue weighted by atomic mass is 35.5. The number of carbonyl (C=O) groups excluding carboxylic acids is 1. The van der Waals surface area contributed by atoms with Crippen molar-refractivity contribution < 1.29 is 23.1 Å². The molecule has 1 amide bonds. The van der Waals surface area contributed by atoms with E-state index in [4.69, 9.17) is 30.5 Å². The van der Waals surface area contributed by atoms with E-state index < -0.39 is 17.3 Å². The molecule has 0 saturated carbocycles. The van der Waals surface area contributed by atoms with Crippen LogP contribution >= 0.6 is 11.6 Å². The van der Waals surface area contributed by atoms with Gasteiger partial charge in [-0.3, -0.25) is 9.59 Å². The lowest BCUT2D eigenvalue weighted by atomic mass is 10.2. The number of ether oxygens (including phenoxy) is 2. The molecule has 11 heteroatoms. The second kappa shape index (κ2) is 11.8. The normalized spacial score (nSPS) is 11.3. The number of carbonyl (C=O) groups is 1. The van der Waals surface area contributed by atoms with E-state index in [9.17, 15) is 14.0 Å². The number of rotatable bonds is 8. The van der Waals surface area contributed by atoms with E-state index in [2.05, 4.69) is 10.4 Å². The second-order valence-electron chi connectivity index (χ2n) is 9.32. The topological polar surface area (TPSA) is 108 Å². The smallest absolute Gasteiger partial charge is 0.282 e. The average Bonchev–Trinajstić information content (AvgIpc) is 3.46. The third-order valence-electron chi connectivity index (χ3n) is 6.49. The first-order valence-corrected chi connectivity index (χ1v) is 13.4. The van der Waals surface area contributed by atoms with Gasteiger partial charge in [-0.25, -0.2) is 9.37 Å². The van der Waals surface area contributed by atoms with Crippen molar-refractivity contribution in [1.82, 2.24) is 9.66 Å². The van der Waals surface area contributed by atoms with Crippen molar-refractivity contribution in [3.05, 3.63) is 118 Å². The highest BCUT2D eigenvalue weighted by molar-refractivity contribution is 6.30. The number of amides is 1. The molecule has 2 heterocycles. The van der Waals surface area contributed by atoms with Crippen LogP contribution in [0, 0.1) is 5.82 Å². The third-order valence-corrected chi connectivity index (χ3v) is 6.72. The van der Waals surface area contributed by atoms with E-state index in [0.717, 1.165) is 4.68 Å². The van der Waals surface area contributed by atoms with Crippen molar-refractivity contribution in [1.29, 1.82) is 0 Å². The molecule has 0 spiro atoms. The summed E-state index contributed by atoms with van der Waals surface area (Å²) in [6.45, 7) is -0.344. The molecule has 0 unspecified atom stereocenters. The first-order chi connectivity index (χ1) is 20.9. The van der Waals surface area contributed by atoms with Gasteiger partial charge in [0, 0.05) is 16.3 Å². The van der Waals surface area contributed by atoms with Crippen LogP contribution in [0.1, 0.15) is 5.56 Å². The molecule has 2 aromatic heterocycles. The highest BCUT2D eigenvalue weighted by Gasteiger charge is 2.18. The molecule has 6 aromatic rings. The molecule has 0 aliphatic heterocycles. The van der Waals surface area contributed by atoms with Crippen LogP contribution in [0.4, 0.5) is 10.1 Å². The Bertz CT molecular complexity index is 2070. The average molecular weight is 597 g/mol. The molecular weight excluding hydrogens is 575 g/mol. The number of fused-ring (bicyclic) bond motifs is 2. The van der Waals surface area contributed by atoms with Gasteiger partial charge in [-0.05, 0) is 72.8 Å². The molecular formula is C32H22ClFN4O5. The van der Waals surface area contributed by atoms with Crippen LogP contribution < -0.4 is 20.3 Å². The SMILES string of the molecule is COc1cccc2oc(-c3nc4ccccc4c(=O)n3N=Cc3cc(Cl)ccc3OCC(=O)Nc3ccc(F)cc3)cc12. The summed E-state index contributed by atoms with van der Waals surface area (Å²) in [4.78, 5) is 30.8. The summed E-state index contributed by atoms with van der Waals surface area (Å²) in [7, 11) is 1.56. The summed E-state index contributed by atoms with van der Waals surface area (Å²) in [5, 5.41) is 8.56. The Morgan fingerprint density at radius 2 is 1.84 bits per heavy atom. The molecule has 0 atom stereocenters. The fraction of sp³-hybridized carbons (Fsp3) is 0.0625. The van der Waals surface area contributed by atoms with Gasteiger partial charge in [0.2, 0.25) is 5.82 Å². The molecule has 4 aromatic carbocycles. The Hall–Kier alpha value is -5.48. The quantitative estimate of drug-likeness (QED) is 0.201. The molecule has 9 nitrogen and oxygen atoms in total. The standard InChI is InChI=1S/C32H22ClFN4O5/c1-41-27-7-4-8-28-24(27)16-29(43-28)31-37-25-6-3-2-5-23(25)32(40)38(31)35-17-19-15-20(33)9-14-26(19)42-18-30(39)36-22-12-10-21(34)11-13-22/h2-17H,18H2,1H3,(H,36,39). The number of nitrogens with one attached hydrogen (secondary N) is 1. The maximum absolute atomic E-state index is 13.7. The number of nitrogens with zero attached hydrogens (tertiary/aromatic N) is 3. The predicted octanol–water partition coefficient (Wildman–Crippen LogP) is 6.51. The van der Waals surface area contributed by atoms with Gasteiger partial charge in [0.25, 0.3) is 11.5 Å². The summed E-state index contributed by atoms with van der Waals surface area (Å²) in [6, 6.07) is 24.2. The van der Waals surface area contributed by atoms with Crippen molar-refractivity contribution in [3.63, 3.8) is 0 Å². The van der Waals surface area contributed by atoms with Crippen molar-refractivity contribution in [2.75, 3.05) is 19.0 Å². The van der Waals surface area contributed by atoms with Gasteiger partial charge in [0.1, 0.15) is 22.9 Å². The van der Waals surface area contributed by atoms with Crippen LogP contribution in [-0.4, -0.2) is 35.5 Å². The number of hydrogen-bond acceptors (Lipinski definition) is 7. The number of furan rings is 1. The lowest BCUT2D eigenvalue weighted by molar-refractivity contribution is -0.118. The molecule has 0 saturated heterocycles. The zero-order valence-electron chi connectivity index (χ0n) is 22.6. The molecule has 214 valence electrons. The molecule has 1 N–H and O–H groups in total. The van der Waals surface area contributed by atoms with Gasteiger partial charge in [-0.15, -0.1) is 0 Å². The highest BCUT2D eigenvalue weighted by Crippen LogP contribution is 2.33. The van der Waals surface area contributed by atoms with Gasteiger partial charge >= 0.3 is 0 Å². The number of methoxy groups -OCH3 is 1. The van der Waals surface area contributed by atoms with Gasteiger partial charge in [0.15, 0.2) is 12.4 Å². The van der Waals surface area contributed by atoms with E-state index in [-0.39, 0.29) is 12.4 Å². The Morgan fingerprint density at radius 1 is 1.02 bits per heavy atom. The largest absolute Gasteiger partial charge is 0.496 e.